The second-order valence-electron chi connectivity index (χ2n) is 12.6. The van der Waals surface area contributed by atoms with Crippen molar-refractivity contribution in [3.8, 4) is 0 Å². The molecule has 2 unspecified atom stereocenters. The predicted octanol–water partition coefficient (Wildman–Crippen LogP) is 9.49. The normalized spacial score (nSPS) is 13.6. The zero-order chi connectivity index (χ0) is 34.0. The summed E-state index contributed by atoms with van der Waals surface area (Å²) in [5.41, 5.74) is 0. The predicted molar refractivity (Wildman–Crippen MR) is 188 cm³/mol. The number of carbonyl (C=O) groups is 2. The van der Waals surface area contributed by atoms with E-state index in [1.165, 1.54) is 89.9 Å². The molecule has 0 rings (SSSR count). The van der Waals surface area contributed by atoms with Gasteiger partial charge < -0.3 is 20.1 Å². The van der Waals surface area contributed by atoms with E-state index in [9.17, 15) is 24.2 Å². The van der Waals surface area contributed by atoms with Crippen LogP contribution in [0.25, 0.3) is 0 Å². The van der Waals surface area contributed by atoms with Crippen LogP contribution < -0.4 is 5.32 Å². The van der Waals surface area contributed by atoms with Gasteiger partial charge in [-0.1, -0.05) is 142 Å². The Kier molecular flexibility index (Phi) is 32.7. The van der Waals surface area contributed by atoms with Gasteiger partial charge in [0, 0.05) is 19.4 Å². The second kappa shape index (κ2) is 33.6. The summed E-state index contributed by atoms with van der Waals surface area (Å²) >= 11 is 0. The summed E-state index contributed by atoms with van der Waals surface area (Å²) in [4.78, 5) is 33.7. The number of carbonyl (C=O) groups excluding carboxylic acids is 2. The van der Waals surface area contributed by atoms with Gasteiger partial charge in [-0.2, -0.15) is 0 Å². The second-order valence-corrected chi connectivity index (χ2v) is 14.0. The molecule has 2 atom stereocenters. The third-order valence-corrected chi connectivity index (χ3v) is 8.91. The van der Waals surface area contributed by atoms with Gasteiger partial charge in [-0.3, -0.25) is 18.6 Å². The van der Waals surface area contributed by atoms with Crippen LogP contribution in [0.3, 0.4) is 0 Å². The van der Waals surface area contributed by atoms with Crippen LogP contribution in [0.15, 0.2) is 12.2 Å². The zero-order valence-electron chi connectivity index (χ0n) is 29.5. The number of phosphoric acid groups is 1. The van der Waals surface area contributed by atoms with Gasteiger partial charge in [0.1, 0.15) is 12.7 Å². The Balaban J connectivity index is 3.61. The van der Waals surface area contributed by atoms with Crippen LogP contribution in [-0.4, -0.2) is 54.3 Å². The number of aliphatic hydroxyl groups is 1. The van der Waals surface area contributed by atoms with Crippen LogP contribution >= 0.6 is 7.82 Å². The first-order valence-electron chi connectivity index (χ1n) is 18.7. The van der Waals surface area contributed by atoms with E-state index in [-0.39, 0.29) is 32.1 Å². The quantitative estimate of drug-likeness (QED) is 0.0262. The average molecular weight is 676 g/mol. The van der Waals surface area contributed by atoms with Crippen molar-refractivity contribution < 1.29 is 37.9 Å². The molecule has 0 saturated carbocycles. The highest BCUT2D eigenvalue weighted by Gasteiger charge is 2.23. The summed E-state index contributed by atoms with van der Waals surface area (Å²) in [6, 6.07) is 0. The molecule has 3 N–H and O–H groups in total. The number of ether oxygens (including phenoxy) is 1. The van der Waals surface area contributed by atoms with Crippen LogP contribution in [0.5, 0.6) is 0 Å². The molecule has 10 heteroatoms. The molecule has 0 aliphatic carbocycles. The largest absolute Gasteiger partial charge is 0.472 e. The van der Waals surface area contributed by atoms with E-state index in [1.807, 2.05) is 0 Å². The maximum absolute atomic E-state index is 12.0. The van der Waals surface area contributed by atoms with Gasteiger partial charge in [0.05, 0.1) is 13.2 Å². The van der Waals surface area contributed by atoms with Crippen LogP contribution in [-0.2, 0) is 27.9 Å². The number of aliphatic hydroxyl groups excluding tert-OH is 1. The van der Waals surface area contributed by atoms with Crippen molar-refractivity contribution in [2.45, 2.75) is 180 Å². The van der Waals surface area contributed by atoms with Crippen LogP contribution in [0.4, 0.5) is 0 Å². The lowest BCUT2D eigenvalue weighted by atomic mass is 10.0. The minimum absolute atomic E-state index is 0.0797. The number of esters is 1. The fourth-order valence-electron chi connectivity index (χ4n) is 5.09. The molecule has 272 valence electrons. The van der Waals surface area contributed by atoms with Crippen LogP contribution in [0.2, 0.25) is 0 Å². The maximum Gasteiger partial charge on any atom is 0.472 e. The molecule has 0 aromatic heterocycles. The van der Waals surface area contributed by atoms with Crippen LogP contribution in [0, 0.1) is 0 Å². The first-order valence-corrected chi connectivity index (χ1v) is 20.2. The Morgan fingerprint density at radius 3 is 1.72 bits per heavy atom. The molecule has 0 aliphatic heterocycles. The summed E-state index contributed by atoms with van der Waals surface area (Å²) in [5.74, 6) is -0.524. The van der Waals surface area contributed by atoms with E-state index in [4.69, 9.17) is 13.8 Å². The third kappa shape index (κ3) is 34.1. The Bertz CT molecular complexity index is 779. The van der Waals surface area contributed by atoms with Gasteiger partial charge in [-0.05, 0) is 32.1 Å². The van der Waals surface area contributed by atoms with E-state index in [1.54, 1.807) is 0 Å². The van der Waals surface area contributed by atoms with Crippen molar-refractivity contribution in [3.63, 3.8) is 0 Å². The fourth-order valence-corrected chi connectivity index (χ4v) is 5.84. The van der Waals surface area contributed by atoms with Crippen molar-refractivity contribution in [3.05, 3.63) is 12.2 Å². The molecule has 0 aromatic rings. The lowest BCUT2D eigenvalue weighted by Crippen LogP contribution is -2.27. The van der Waals surface area contributed by atoms with E-state index >= 15 is 0 Å². The number of amides is 1. The summed E-state index contributed by atoms with van der Waals surface area (Å²) in [6.45, 7) is 3.48. The minimum atomic E-state index is -4.40. The molecule has 0 fully saturated rings. The number of rotatable bonds is 35. The Hall–Kier alpha value is -1.25. The molecule has 0 spiro atoms. The van der Waals surface area contributed by atoms with Gasteiger partial charge in [0.25, 0.3) is 0 Å². The average Bonchev–Trinajstić information content (AvgIpc) is 3.04. The highest BCUT2D eigenvalue weighted by atomic mass is 31.2. The highest BCUT2D eigenvalue weighted by molar-refractivity contribution is 7.47. The van der Waals surface area contributed by atoms with Crippen molar-refractivity contribution in [2.75, 3.05) is 26.4 Å². The molecular formula is C36H70NO8P. The lowest BCUT2D eigenvalue weighted by molar-refractivity contribution is -0.147. The van der Waals surface area contributed by atoms with Gasteiger partial charge in [0.2, 0.25) is 5.91 Å². The summed E-state index contributed by atoms with van der Waals surface area (Å²) in [7, 11) is -4.40. The highest BCUT2D eigenvalue weighted by Crippen LogP contribution is 2.42. The SMILES string of the molecule is CCC/C=C\CCCCCCCC(=O)NCCOP(=O)(O)OCC(O)COC(=O)CCCCCCCCCCCCCCCCC. The Labute approximate surface area is 281 Å². The van der Waals surface area contributed by atoms with Gasteiger partial charge in [0.15, 0.2) is 0 Å². The Morgan fingerprint density at radius 1 is 0.652 bits per heavy atom. The molecule has 0 heterocycles. The number of hydrogen-bond donors (Lipinski definition) is 3. The summed E-state index contributed by atoms with van der Waals surface area (Å²) in [6.07, 6.45) is 31.4. The Morgan fingerprint density at radius 2 is 1.15 bits per heavy atom. The monoisotopic (exact) mass is 675 g/mol. The van der Waals surface area contributed by atoms with Crippen LogP contribution in [0.1, 0.15) is 174 Å². The van der Waals surface area contributed by atoms with Gasteiger partial charge in [-0.15, -0.1) is 0 Å². The number of phosphoric ester groups is 1. The topological polar surface area (TPSA) is 131 Å². The molecule has 9 nitrogen and oxygen atoms in total. The zero-order valence-corrected chi connectivity index (χ0v) is 30.4. The number of nitrogens with one attached hydrogen (secondary N) is 1. The third-order valence-electron chi connectivity index (χ3n) is 7.93. The van der Waals surface area contributed by atoms with Crippen molar-refractivity contribution in [1.29, 1.82) is 0 Å². The molecule has 0 radical (unpaired) electrons. The fraction of sp³-hybridized carbons (Fsp3) is 0.889. The lowest BCUT2D eigenvalue weighted by Gasteiger charge is -2.15. The van der Waals surface area contributed by atoms with E-state index < -0.39 is 26.5 Å². The van der Waals surface area contributed by atoms with E-state index in [2.05, 4.69) is 31.3 Å². The molecular weight excluding hydrogens is 605 g/mol. The van der Waals surface area contributed by atoms with Crippen molar-refractivity contribution in [1.82, 2.24) is 5.32 Å². The van der Waals surface area contributed by atoms with E-state index in [0.717, 1.165) is 57.8 Å². The number of hydrogen-bond acceptors (Lipinski definition) is 7. The molecule has 0 aromatic carbocycles. The smallest absolute Gasteiger partial charge is 0.463 e. The standard InChI is InChI=1S/C36H70NO8P/c1-3-5-7-9-11-13-15-16-17-18-19-21-23-25-27-29-36(40)43-32-34(38)33-45-46(41,42)44-31-30-37-35(39)28-26-24-22-20-14-12-10-8-6-4-2/h8,10,34,38H,3-7,9,11-33H2,1-2H3,(H,37,39)(H,41,42)/b10-8-. The molecule has 1 amide bonds. The van der Waals surface area contributed by atoms with Gasteiger partial charge in [-0.25, -0.2) is 4.57 Å². The molecule has 46 heavy (non-hydrogen) atoms. The van der Waals surface area contributed by atoms with Crippen molar-refractivity contribution in [2.24, 2.45) is 0 Å². The molecule has 0 bridgehead atoms. The summed E-state index contributed by atoms with van der Waals surface area (Å²) < 4.78 is 26.7. The number of unbranched alkanes of at least 4 members (excludes halogenated alkanes) is 20. The minimum Gasteiger partial charge on any atom is -0.463 e. The van der Waals surface area contributed by atoms with Crippen molar-refractivity contribution >= 4 is 19.7 Å². The maximum atomic E-state index is 12.0. The molecule has 0 aliphatic rings. The first kappa shape index (κ1) is 44.8. The molecule has 0 saturated heterocycles. The van der Waals surface area contributed by atoms with Gasteiger partial charge >= 0.3 is 13.8 Å². The first-order chi connectivity index (χ1) is 22.3. The summed E-state index contributed by atoms with van der Waals surface area (Å²) in [5, 5.41) is 12.6. The number of allylic oxidation sites excluding steroid dienone is 2. The van der Waals surface area contributed by atoms with E-state index in [0.29, 0.717) is 6.42 Å².